The number of anilines is 2. The molecule has 2 N–H and O–H groups in total. The summed E-state index contributed by atoms with van der Waals surface area (Å²) < 4.78 is 0. The largest absolute Gasteiger partial charge is 0.365 e. The first-order valence-corrected chi connectivity index (χ1v) is 8.11. The zero-order valence-corrected chi connectivity index (χ0v) is 14.2. The van der Waals surface area contributed by atoms with Gasteiger partial charge in [0.05, 0.1) is 6.20 Å². The standard InChI is InChI=1S/C17H15Cl2N5/c18-14-7-5-12(6-8-14)9-20-16-11-22-24-17(23-16)21-10-13-3-1-2-4-15(13)19/h1-8,11H,9-10H2,(H2,20,21,23,24). The molecule has 0 saturated carbocycles. The van der Waals surface area contributed by atoms with Gasteiger partial charge in [0.15, 0.2) is 5.82 Å². The molecule has 5 nitrogen and oxygen atoms in total. The molecule has 0 radical (unpaired) electrons. The van der Waals surface area contributed by atoms with Gasteiger partial charge in [-0.05, 0) is 29.3 Å². The van der Waals surface area contributed by atoms with E-state index in [9.17, 15) is 0 Å². The number of halogens is 2. The highest BCUT2D eigenvalue weighted by Crippen LogP contribution is 2.16. The fourth-order valence-corrected chi connectivity index (χ4v) is 2.40. The molecule has 0 aliphatic heterocycles. The smallest absolute Gasteiger partial charge is 0.244 e. The Bertz CT molecular complexity index is 808. The zero-order valence-electron chi connectivity index (χ0n) is 12.7. The van der Waals surface area contributed by atoms with E-state index in [0.29, 0.717) is 34.9 Å². The Labute approximate surface area is 150 Å². The number of nitrogens with zero attached hydrogens (tertiary/aromatic N) is 3. The van der Waals surface area contributed by atoms with E-state index in [2.05, 4.69) is 25.8 Å². The van der Waals surface area contributed by atoms with Crippen molar-refractivity contribution in [2.45, 2.75) is 13.1 Å². The van der Waals surface area contributed by atoms with Crippen LogP contribution in [-0.2, 0) is 13.1 Å². The number of hydrogen-bond donors (Lipinski definition) is 2. The van der Waals surface area contributed by atoms with Crippen LogP contribution in [0.1, 0.15) is 11.1 Å². The van der Waals surface area contributed by atoms with Crippen LogP contribution in [0.2, 0.25) is 10.0 Å². The molecule has 0 unspecified atom stereocenters. The maximum atomic E-state index is 6.13. The fraction of sp³-hybridized carbons (Fsp3) is 0.118. The van der Waals surface area contributed by atoms with Gasteiger partial charge in [0, 0.05) is 23.1 Å². The molecular formula is C17H15Cl2N5. The lowest BCUT2D eigenvalue weighted by Crippen LogP contribution is -2.08. The Balaban J connectivity index is 1.59. The van der Waals surface area contributed by atoms with E-state index in [4.69, 9.17) is 23.2 Å². The highest BCUT2D eigenvalue weighted by Gasteiger charge is 2.03. The summed E-state index contributed by atoms with van der Waals surface area (Å²) in [7, 11) is 0. The van der Waals surface area contributed by atoms with Crippen molar-refractivity contribution in [2.75, 3.05) is 10.6 Å². The van der Waals surface area contributed by atoms with Crippen LogP contribution in [0.25, 0.3) is 0 Å². The maximum Gasteiger partial charge on any atom is 0.244 e. The highest BCUT2D eigenvalue weighted by molar-refractivity contribution is 6.31. The van der Waals surface area contributed by atoms with Crippen LogP contribution < -0.4 is 10.6 Å². The van der Waals surface area contributed by atoms with Crippen molar-refractivity contribution < 1.29 is 0 Å². The van der Waals surface area contributed by atoms with Crippen molar-refractivity contribution in [3.8, 4) is 0 Å². The molecular weight excluding hydrogens is 345 g/mol. The molecule has 0 aliphatic carbocycles. The summed E-state index contributed by atoms with van der Waals surface area (Å²) in [6.07, 6.45) is 1.58. The summed E-state index contributed by atoms with van der Waals surface area (Å²) in [5, 5.41) is 15.7. The molecule has 0 fully saturated rings. The first kappa shape index (κ1) is 16.5. The molecule has 0 saturated heterocycles. The predicted octanol–water partition coefficient (Wildman–Crippen LogP) is 4.40. The van der Waals surface area contributed by atoms with Crippen LogP contribution in [0.5, 0.6) is 0 Å². The summed E-state index contributed by atoms with van der Waals surface area (Å²) in [6, 6.07) is 15.3. The average molecular weight is 360 g/mol. The monoisotopic (exact) mass is 359 g/mol. The normalized spacial score (nSPS) is 10.4. The van der Waals surface area contributed by atoms with Crippen LogP contribution in [-0.4, -0.2) is 15.2 Å². The molecule has 0 spiro atoms. The topological polar surface area (TPSA) is 62.7 Å². The molecule has 1 heterocycles. The minimum Gasteiger partial charge on any atom is -0.365 e. The summed E-state index contributed by atoms with van der Waals surface area (Å²) in [5.41, 5.74) is 2.07. The van der Waals surface area contributed by atoms with Crippen molar-refractivity contribution in [3.05, 3.63) is 75.9 Å². The van der Waals surface area contributed by atoms with Gasteiger partial charge >= 0.3 is 0 Å². The first-order valence-electron chi connectivity index (χ1n) is 7.36. The third-order valence-corrected chi connectivity index (χ3v) is 3.96. The number of rotatable bonds is 6. The number of nitrogens with one attached hydrogen (secondary N) is 2. The van der Waals surface area contributed by atoms with Crippen molar-refractivity contribution in [1.29, 1.82) is 0 Å². The molecule has 122 valence electrons. The van der Waals surface area contributed by atoms with E-state index < -0.39 is 0 Å². The Morgan fingerprint density at radius 3 is 2.46 bits per heavy atom. The highest BCUT2D eigenvalue weighted by atomic mass is 35.5. The molecule has 2 aromatic carbocycles. The van der Waals surface area contributed by atoms with Gasteiger partial charge in [-0.15, -0.1) is 5.10 Å². The number of benzene rings is 2. The van der Waals surface area contributed by atoms with Gasteiger partial charge in [-0.1, -0.05) is 53.5 Å². The predicted molar refractivity (Wildman–Crippen MR) is 97.4 cm³/mol. The lowest BCUT2D eigenvalue weighted by atomic mass is 10.2. The van der Waals surface area contributed by atoms with E-state index >= 15 is 0 Å². The number of hydrogen-bond acceptors (Lipinski definition) is 5. The minimum atomic E-state index is 0.441. The maximum absolute atomic E-state index is 6.13. The van der Waals surface area contributed by atoms with Crippen molar-refractivity contribution in [2.24, 2.45) is 0 Å². The lowest BCUT2D eigenvalue weighted by molar-refractivity contribution is 0.937. The summed E-state index contributed by atoms with van der Waals surface area (Å²) in [4.78, 5) is 4.39. The van der Waals surface area contributed by atoms with Gasteiger partial charge in [0.2, 0.25) is 5.95 Å². The molecule has 0 aliphatic rings. The Kier molecular flexibility index (Phi) is 5.46. The average Bonchev–Trinajstić information content (AvgIpc) is 2.61. The van der Waals surface area contributed by atoms with Gasteiger partial charge in [0.1, 0.15) is 0 Å². The van der Waals surface area contributed by atoms with Gasteiger partial charge in [-0.25, -0.2) is 0 Å². The Morgan fingerprint density at radius 2 is 1.67 bits per heavy atom. The summed E-state index contributed by atoms with van der Waals surface area (Å²) in [5.74, 6) is 1.08. The first-order chi connectivity index (χ1) is 11.7. The van der Waals surface area contributed by atoms with Gasteiger partial charge in [-0.2, -0.15) is 10.1 Å². The minimum absolute atomic E-state index is 0.441. The second-order valence-electron chi connectivity index (χ2n) is 5.09. The molecule has 1 aromatic heterocycles. The molecule has 24 heavy (non-hydrogen) atoms. The van der Waals surface area contributed by atoms with E-state index in [-0.39, 0.29) is 0 Å². The van der Waals surface area contributed by atoms with Crippen LogP contribution >= 0.6 is 23.2 Å². The van der Waals surface area contributed by atoms with Crippen molar-refractivity contribution in [3.63, 3.8) is 0 Å². The van der Waals surface area contributed by atoms with E-state index in [1.807, 2.05) is 48.5 Å². The molecule has 3 rings (SSSR count). The van der Waals surface area contributed by atoms with Crippen molar-refractivity contribution >= 4 is 35.0 Å². The molecule has 7 heteroatoms. The van der Waals surface area contributed by atoms with Crippen LogP contribution in [0.3, 0.4) is 0 Å². The fourth-order valence-electron chi connectivity index (χ4n) is 2.07. The molecule has 0 bridgehead atoms. The Morgan fingerprint density at radius 1 is 0.875 bits per heavy atom. The summed E-state index contributed by atoms with van der Waals surface area (Å²) in [6.45, 7) is 1.15. The Hall–Kier alpha value is -2.37. The molecule has 0 atom stereocenters. The zero-order chi connectivity index (χ0) is 16.8. The second kappa shape index (κ2) is 7.95. The van der Waals surface area contributed by atoms with E-state index in [0.717, 1.165) is 11.1 Å². The van der Waals surface area contributed by atoms with E-state index in [1.54, 1.807) is 6.20 Å². The van der Waals surface area contributed by atoms with E-state index in [1.165, 1.54) is 0 Å². The van der Waals surface area contributed by atoms with Crippen LogP contribution in [0.4, 0.5) is 11.8 Å². The van der Waals surface area contributed by atoms with Gasteiger partial charge < -0.3 is 10.6 Å². The lowest BCUT2D eigenvalue weighted by Gasteiger charge is -2.08. The molecule has 3 aromatic rings. The molecule has 0 amide bonds. The summed E-state index contributed by atoms with van der Waals surface area (Å²) >= 11 is 12.0. The third kappa shape index (κ3) is 4.57. The SMILES string of the molecule is Clc1ccc(CNc2cnnc(NCc3ccccc3Cl)n2)cc1. The second-order valence-corrected chi connectivity index (χ2v) is 5.93. The van der Waals surface area contributed by atoms with Gasteiger partial charge in [-0.3, -0.25) is 0 Å². The quantitative estimate of drug-likeness (QED) is 0.682. The van der Waals surface area contributed by atoms with Gasteiger partial charge in [0.25, 0.3) is 0 Å². The van der Waals surface area contributed by atoms with Crippen LogP contribution in [0, 0.1) is 0 Å². The third-order valence-electron chi connectivity index (χ3n) is 3.34. The van der Waals surface area contributed by atoms with Crippen molar-refractivity contribution in [1.82, 2.24) is 15.2 Å². The number of aromatic nitrogens is 3. The van der Waals surface area contributed by atoms with Crippen LogP contribution in [0.15, 0.2) is 54.7 Å².